The Hall–Kier alpha value is -2.96. The minimum Gasteiger partial charge on any atom is -0.481 e. The second kappa shape index (κ2) is 9.72. The highest BCUT2D eigenvalue weighted by Crippen LogP contribution is 2.50. The normalized spacial score (nSPS) is 27.4. The summed E-state index contributed by atoms with van der Waals surface area (Å²) in [5.74, 6) is -1.83. The van der Waals surface area contributed by atoms with Gasteiger partial charge in [0.1, 0.15) is 5.78 Å². The first-order valence-corrected chi connectivity index (χ1v) is 11.7. The molecule has 1 aromatic heterocycles. The lowest BCUT2D eigenvalue weighted by Gasteiger charge is -2.46. The predicted octanol–water partition coefficient (Wildman–Crippen LogP) is 6.51. The minimum absolute atomic E-state index is 0.0982. The SMILES string of the molecule is CC(=O)[C@@H]1[C@@H](C=Cc2ccc(-c3cccc(C(F)(F)F)c3)cn2)[C@@H]2CCCC[C@H]2C[C@H]1C(=O)O. The highest BCUT2D eigenvalue weighted by atomic mass is 19.4. The van der Waals surface area contributed by atoms with Crippen LogP contribution in [0.5, 0.6) is 0 Å². The number of hydrogen-bond acceptors (Lipinski definition) is 3. The zero-order valence-electron chi connectivity index (χ0n) is 19.0. The number of benzene rings is 1. The largest absolute Gasteiger partial charge is 0.481 e. The maximum absolute atomic E-state index is 13.0. The third-order valence-corrected chi connectivity index (χ3v) is 7.45. The Bertz CT molecular complexity index is 1080. The van der Waals surface area contributed by atoms with Crippen LogP contribution in [0, 0.1) is 29.6 Å². The minimum atomic E-state index is -4.41. The van der Waals surface area contributed by atoms with E-state index in [1.165, 1.54) is 19.2 Å². The van der Waals surface area contributed by atoms with Crippen LogP contribution < -0.4 is 0 Å². The molecule has 2 aromatic rings. The van der Waals surface area contributed by atoms with Crippen LogP contribution in [-0.2, 0) is 15.8 Å². The summed E-state index contributed by atoms with van der Waals surface area (Å²) in [6, 6.07) is 8.56. The van der Waals surface area contributed by atoms with Gasteiger partial charge in [-0.2, -0.15) is 13.2 Å². The van der Waals surface area contributed by atoms with Gasteiger partial charge in [-0.1, -0.05) is 43.5 Å². The van der Waals surface area contributed by atoms with Gasteiger partial charge in [0.05, 0.1) is 17.2 Å². The fraction of sp³-hybridized carbons (Fsp3) is 0.444. The first-order valence-electron chi connectivity index (χ1n) is 11.7. The molecule has 2 aliphatic rings. The molecule has 5 atom stereocenters. The number of fused-ring (bicyclic) bond motifs is 1. The number of halogens is 3. The molecule has 0 aliphatic heterocycles. The Kier molecular flexibility index (Phi) is 6.91. The molecule has 0 radical (unpaired) electrons. The van der Waals surface area contributed by atoms with E-state index in [0.717, 1.165) is 37.8 Å². The van der Waals surface area contributed by atoms with Crippen LogP contribution in [0.3, 0.4) is 0 Å². The van der Waals surface area contributed by atoms with E-state index in [2.05, 4.69) is 4.98 Å². The van der Waals surface area contributed by atoms with Crippen molar-refractivity contribution in [3.63, 3.8) is 0 Å². The van der Waals surface area contributed by atoms with Gasteiger partial charge in [0, 0.05) is 17.7 Å². The molecule has 4 nitrogen and oxygen atoms in total. The molecule has 1 aromatic carbocycles. The Morgan fingerprint density at radius 1 is 1.09 bits per heavy atom. The number of allylic oxidation sites excluding steroid dienone is 1. The van der Waals surface area contributed by atoms with E-state index in [1.807, 2.05) is 12.2 Å². The Morgan fingerprint density at radius 3 is 2.50 bits per heavy atom. The van der Waals surface area contributed by atoms with Gasteiger partial charge >= 0.3 is 12.1 Å². The topological polar surface area (TPSA) is 67.3 Å². The van der Waals surface area contributed by atoms with Gasteiger partial charge in [-0.15, -0.1) is 0 Å². The molecule has 180 valence electrons. The maximum Gasteiger partial charge on any atom is 0.416 e. The van der Waals surface area contributed by atoms with E-state index < -0.39 is 29.5 Å². The molecule has 34 heavy (non-hydrogen) atoms. The lowest BCUT2D eigenvalue weighted by Crippen LogP contribution is -2.46. The predicted molar refractivity (Wildman–Crippen MR) is 123 cm³/mol. The molecule has 2 aliphatic carbocycles. The average Bonchev–Trinajstić information content (AvgIpc) is 2.81. The highest BCUT2D eigenvalue weighted by Gasteiger charge is 2.48. The van der Waals surface area contributed by atoms with Crippen molar-refractivity contribution < 1.29 is 27.9 Å². The van der Waals surface area contributed by atoms with E-state index in [-0.39, 0.29) is 17.6 Å². The van der Waals surface area contributed by atoms with Crippen LogP contribution in [0.4, 0.5) is 13.2 Å². The molecule has 0 bridgehead atoms. The van der Waals surface area contributed by atoms with Crippen molar-refractivity contribution >= 4 is 17.8 Å². The number of ketones is 1. The van der Waals surface area contributed by atoms with Crippen molar-refractivity contribution in [2.45, 2.75) is 45.2 Å². The second-order valence-electron chi connectivity index (χ2n) is 9.51. The first-order chi connectivity index (χ1) is 16.1. The van der Waals surface area contributed by atoms with Gasteiger partial charge in [-0.25, -0.2) is 0 Å². The fourth-order valence-corrected chi connectivity index (χ4v) is 5.87. The van der Waals surface area contributed by atoms with E-state index >= 15 is 0 Å². The zero-order valence-corrected chi connectivity index (χ0v) is 19.0. The lowest BCUT2D eigenvalue weighted by atomic mass is 9.57. The number of aromatic nitrogens is 1. The highest BCUT2D eigenvalue weighted by molar-refractivity contribution is 5.85. The molecule has 0 saturated heterocycles. The summed E-state index contributed by atoms with van der Waals surface area (Å²) in [6.07, 6.45) is 5.57. The second-order valence-corrected chi connectivity index (χ2v) is 9.51. The number of nitrogens with zero attached hydrogens (tertiary/aromatic N) is 1. The molecular weight excluding hydrogens is 443 g/mol. The number of aliphatic carboxylic acids is 1. The van der Waals surface area contributed by atoms with E-state index in [0.29, 0.717) is 29.2 Å². The summed E-state index contributed by atoms with van der Waals surface area (Å²) < 4.78 is 39.1. The number of carboxylic acids is 1. The van der Waals surface area contributed by atoms with Crippen molar-refractivity contribution in [1.29, 1.82) is 0 Å². The van der Waals surface area contributed by atoms with Crippen molar-refractivity contribution in [3.8, 4) is 11.1 Å². The number of pyridine rings is 1. The summed E-state index contributed by atoms with van der Waals surface area (Å²) in [6.45, 7) is 1.48. The molecule has 0 unspecified atom stereocenters. The zero-order chi connectivity index (χ0) is 24.5. The average molecular weight is 472 g/mol. The number of carboxylic acid groups (broad SMARTS) is 1. The van der Waals surface area contributed by atoms with Crippen LogP contribution in [0.15, 0.2) is 48.7 Å². The van der Waals surface area contributed by atoms with Gasteiger partial charge in [0.2, 0.25) is 0 Å². The van der Waals surface area contributed by atoms with Crippen molar-refractivity contribution in [2.75, 3.05) is 0 Å². The number of alkyl halides is 3. The van der Waals surface area contributed by atoms with Crippen LogP contribution in [0.25, 0.3) is 17.2 Å². The molecule has 4 rings (SSSR count). The molecule has 0 amide bonds. The third kappa shape index (κ3) is 5.08. The van der Waals surface area contributed by atoms with Gasteiger partial charge < -0.3 is 5.11 Å². The summed E-state index contributed by atoms with van der Waals surface area (Å²) in [7, 11) is 0. The number of carbonyl (C=O) groups excluding carboxylic acids is 1. The van der Waals surface area contributed by atoms with Gasteiger partial charge in [-0.05, 0) is 67.4 Å². The van der Waals surface area contributed by atoms with Crippen LogP contribution in [-0.4, -0.2) is 21.8 Å². The lowest BCUT2D eigenvalue weighted by molar-refractivity contribution is -0.152. The molecule has 2 fully saturated rings. The Morgan fingerprint density at radius 2 is 1.85 bits per heavy atom. The molecule has 7 heteroatoms. The molecule has 1 N–H and O–H groups in total. The summed E-state index contributed by atoms with van der Waals surface area (Å²) >= 11 is 0. The van der Waals surface area contributed by atoms with Crippen LogP contribution in [0.1, 0.15) is 50.3 Å². The van der Waals surface area contributed by atoms with Crippen molar-refractivity contribution in [1.82, 2.24) is 4.98 Å². The molecule has 2 saturated carbocycles. The van der Waals surface area contributed by atoms with Crippen molar-refractivity contribution in [2.24, 2.45) is 29.6 Å². The van der Waals surface area contributed by atoms with E-state index in [1.54, 1.807) is 18.2 Å². The van der Waals surface area contributed by atoms with Crippen molar-refractivity contribution in [3.05, 3.63) is 59.9 Å². The quantitative estimate of drug-likeness (QED) is 0.540. The van der Waals surface area contributed by atoms with E-state index in [9.17, 15) is 27.9 Å². The van der Waals surface area contributed by atoms with Crippen LogP contribution >= 0.6 is 0 Å². The van der Waals surface area contributed by atoms with E-state index in [4.69, 9.17) is 0 Å². The molecular formula is C27H28F3NO3. The summed E-state index contributed by atoms with van der Waals surface area (Å²) in [4.78, 5) is 28.9. The van der Waals surface area contributed by atoms with Gasteiger partial charge in [-0.3, -0.25) is 14.6 Å². The number of rotatable bonds is 5. The summed E-state index contributed by atoms with van der Waals surface area (Å²) in [5.41, 5.74) is 0.899. The number of carbonyl (C=O) groups is 2. The third-order valence-electron chi connectivity index (χ3n) is 7.45. The fourth-order valence-electron chi connectivity index (χ4n) is 5.87. The van der Waals surface area contributed by atoms with Gasteiger partial charge in [0.15, 0.2) is 0 Å². The summed E-state index contributed by atoms with van der Waals surface area (Å²) in [5, 5.41) is 9.80. The smallest absolute Gasteiger partial charge is 0.416 e. The Labute approximate surface area is 196 Å². The molecule has 1 heterocycles. The monoisotopic (exact) mass is 471 g/mol. The number of hydrogen-bond donors (Lipinski definition) is 1. The Balaban J connectivity index is 1.59. The maximum atomic E-state index is 13.0. The number of Topliss-reactive ketones (excluding diaryl/α,β-unsaturated/α-hetero) is 1. The van der Waals surface area contributed by atoms with Gasteiger partial charge in [0.25, 0.3) is 0 Å². The van der Waals surface area contributed by atoms with Crippen LogP contribution in [0.2, 0.25) is 0 Å². The standard InChI is InChI=1S/C27H28F3NO3/c1-16(32)25-23(22-8-3-2-5-18(22)14-24(25)26(33)34)12-11-21-10-9-19(15-31-21)17-6-4-7-20(13-17)27(28,29)30/h4,6-7,9-13,15,18,22-25H,2-3,5,8,14H2,1H3,(H,33,34)/t18-,22+,23-,24+,25+/m0/s1. The molecule has 0 spiro atoms. The first kappa shape index (κ1) is 24.2.